The van der Waals surface area contributed by atoms with Crippen LogP contribution in [-0.2, 0) is 42.9 Å². The van der Waals surface area contributed by atoms with Crippen LogP contribution in [0.25, 0.3) is 0 Å². The van der Waals surface area contributed by atoms with Gasteiger partial charge in [0.2, 0.25) is 30.1 Å². The fraction of sp³-hybridized carbons (Fsp3) is 0.489. The Morgan fingerprint density at radius 2 is 1.23 bits per heavy atom. The fourth-order valence-corrected chi connectivity index (χ4v) is 10.5. The molecule has 0 saturated carbocycles. The maximum Gasteiger partial charge on any atom is 0.232 e. The third-order valence-electron chi connectivity index (χ3n) is 11.3. The fourth-order valence-electron chi connectivity index (χ4n) is 7.70. The second-order valence-electron chi connectivity index (χ2n) is 17.1. The first kappa shape index (κ1) is 51.4. The molecule has 1 aliphatic heterocycles. The van der Waals surface area contributed by atoms with Crippen LogP contribution in [0.3, 0.4) is 0 Å². The number of hydrogen-bond donors (Lipinski definition) is 3. The van der Waals surface area contributed by atoms with Gasteiger partial charge in [0.15, 0.2) is 5.78 Å². The number of rotatable bonds is 28. The first-order chi connectivity index (χ1) is 30.9. The van der Waals surface area contributed by atoms with Crippen LogP contribution in [0.1, 0.15) is 65.8 Å². The molecule has 1 saturated heterocycles. The van der Waals surface area contributed by atoms with Gasteiger partial charge in [-0.1, -0.05) is 18.2 Å². The maximum atomic E-state index is 13.2. The number of nitrogens with one attached hydrogen (secondary N) is 3. The third-order valence-corrected chi connectivity index (χ3v) is 14.7. The SMILES string of the molecule is Cc1cccc(CCN2CCC(C(=O)c3ccc(NS(=O)(=O)CCCCN(C)CCCS(=O)(=O)Nc4ccc(CCCN(C)CCOc5ccc(NS(C)(=O)=O)cc5)cc4)cc3)CC2)n1. The molecule has 0 atom stereocenters. The molecule has 0 amide bonds. The number of unbranched alkanes of at least 4 members (excludes halogenated alkanes) is 1. The zero-order chi connectivity index (χ0) is 46.9. The highest BCUT2D eigenvalue weighted by Crippen LogP contribution is 2.24. The van der Waals surface area contributed by atoms with Crippen LogP contribution in [0.4, 0.5) is 17.1 Å². The lowest BCUT2D eigenvalue weighted by Crippen LogP contribution is -2.37. The van der Waals surface area contributed by atoms with E-state index in [-0.39, 0.29) is 23.2 Å². The molecule has 0 spiro atoms. The van der Waals surface area contributed by atoms with E-state index < -0.39 is 30.1 Å². The van der Waals surface area contributed by atoms with Crippen LogP contribution in [0.15, 0.2) is 91.0 Å². The quantitative estimate of drug-likeness (QED) is 0.0438. The van der Waals surface area contributed by atoms with E-state index in [1.807, 2.05) is 50.2 Å². The van der Waals surface area contributed by atoms with E-state index in [0.717, 1.165) is 88.0 Å². The standard InChI is InChI=1S/C47H67N7O8S3/c1-38-10-7-12-42(48-38)27-33-54-31-25-41(26-32-54)47(55)40-15-19-45(20-16-40)51-64(58,59)36-6-5-28-52(2)30-9-37-65(60,61)50-44-17-13-39(14-18-44)11-8-29-53(3)34-35-62-46-23-21-43(22-24-46)49-63(4,56)57/h7,10,12-24,41,49-51H,5-6,8-9,11,25-37H2,1-4H3. The predicted molar refractivity (Wildman–Crippen MR) is 261 cm³/mol. The number of Topliss-reactive ketones (excluding diaryl/α,β-unsaturated/α-hetero) is 1. The molecular formula is C47H67N7O8S3. The summed E-state index contributed by atoms with van der Waals surface area (Å²) in [6.45, 7) is 7.91. The molecule has 3 N–H and O–H groups in total. The Kier molecular flexibility index (Phi) is 19.6. The van der Waals surface area contributed by atoms with E-state index in [1.54, 1.807) is 60.7 Å². The topological polar surface area (TPSA) is 187 Å². The van der Waals surface area contributed by atoms with Crippen molar-refractivity contribution in [2.45, 2.75) is 58.3 Å². The molecule has 356 valence electrons. The number of sulfonamides is 3. The molecule has 1 aliphatic rings. The molecule has 18 heteroatoms. The van der Waals surface area contributed by atoms with Crippen molar-refractivity contribution in [1.82, 2.24) is 19.7 Å². The van der Waals surface area contributed by atoms with E-state index in [1.165, 1.54) is 0 Å². The molecule has 0 unspecified atom stereocenters. The van der Waals surface area contributed by atoms with Gasteiger partial charge in [-0.25, -0.2) is 25.3 Å². The van der Waals surface area contributed by atoms with Gasteiger partial charge in [-0.15, -0.1) is 0 Å². The van der Waals surface area contributed by atoms with Crippen molar-refractivity contribution >= 4 is 52.9 Å². The Bertz CT molecular complexity index is 2430. The number of carbonyl (C=O) groups is 1. The van der Waals surface area contributed by atoms with Crippen LogP contribution in [0, 0.1) is 12.8 Å². The lowest BCUT2D eigenvalue weighted by molar-refractivity contribution is 0.0841. The van der Waals surface area contributed by atoms with Gasteiger partial charge in [0.25, 0.3) is 0 Å². The number of carbonyl (C=O) groups excluding carboxylic acids is 1. The molecule has 3 aromatic carbocycles. The molecule has 5 rings (SSSR count). The van der Waals surface area contributed by atoms with Gasteiger partial charge in [-0.2, -0.15) is 0 Å². The number of ether oxygens (including phenoxy) is 1. The third kappa shape index (κ3) is 19.4. The number of aromatic nitrogens is 1. The Morgan fingerprint density at radius 3 is 1.86 bits per heavy atom. The Morgan fingerprint density at radius 1 is 0.677 bits per heavy atom. The van der Waals surface area contributed by atoms with E-state index in [2.05, 4.69) is 35.0 Å². The zero-order valence-corrected chi connectivity index (χ0v) is 40.7. The summed E-state index contributed by atoms with van der Waals surface area (Å²) in [4.78, 5) is 24.4. The van der Waals surface area contributed by atoms with Gasteiger partial charge in [-0.05, 0) is 177 Å². The first-order valence-corrected chi connectivity index (χ1v) is 27.6. The van der Waals surface area contributed by atoms with Crippen molar-refractivity contribution in [3.05, 3.63) is 114 Å². The average Bonchev–Trinajstić information content (AvgIpc) is 3.25. The summed E-state index contributed by atoms with van der Waals surface area (Å²) in [5.41, 5.74) is 5.24. The molecule has 4 aromatic rings. The number of hydrogen-bond acceptors (Lipinski definition) is 12. The highest BCUT2D eigenvalue weighted by Gasteiger charge is 2.26. The first-order valence-electron chi connectivity index (χ1n) is 22.4. The van der Waals surface area contributed by atoms with Gasteiger partial charge in [0.05, 0.1) is 17.8 Å². The molecule has 1 aromatic heterocycles. The largest absolute Gasteiger partial charge is 0.492 e. The molecule has 1 fully saturated rings. The number of aryl methyl sites for hydroxylation is 2. The van der Waals surface area contributed by atoms with E-state index >= 15 is 0 Å². The Hall–Kier alpha value is -4.59. The van der Waals surface area contributed by atoms with Gasteiger partial charge in [0, 0.05) is 59.4 Å². The summed E-state index contributed by atoms with van der Waals surface area (Å²) < 4.78 is 87.5. The molecule has 15 nitrogen and oxygen atoms in total. The van der Waals surface area contributed by atoms with Gasteiger partial charge >= 0.3 is 0 Å². The number of benzene rings is 3. The van der Waals surface area contributed by atoms with Gasteiger partial charge in [0.1, 0.15) is 12.4 Å². The normalized spacial score (nSPS) is 14.1. The minimum atomic E-state index is -3.58. The van der Waals surface area contributed by atoms with Crippen molar-refractivity contribution < 1.29 is 34.8 Å². The molecule has 0 radical (unpaired) electrons. The van der Waals surface area contributed by atoms with Gasteiger partial charge < -0.3 is 19.4 Å². The van der Waals surface area contributed by atoms with E-state index in [0.29, 0.717) is 67.3 Å². The van der Waals surface area contributed by atoms with Crippen LogP contribution < -0.4 is 18.9 Å². The smallest absolute Gasteiger partial charge is 0.232 e. The minimum absolute atomic E-state index is 0.0319. The summed E-state index contributed by atoms with van der Waals surface area (Å²) in [6, 6.07) is 27.0. The summed E-state index contributed by atoms with van der Waals surface area (Å²) in [7, 11) is -6.53. The lowest BCUT2D eigenvalue weighted by atomic mass is 9.89. The molecule has 2 heterocycles. The molecule has 0 aliphatic carbocycles. The number of ketones is 1. The number of piperidine rings is 1. The average molecular weight is 954 g/mol. The molecule has 65 heavy (non-hydrogen) atoms. The van der Waals surface area contributed by atoms with Crippen molar-refractivity contribution in [2.75, 3.05) is 98.4 Å². The monoisotopic (exact) mass is 953 g/mol. The van der Waals surface area contributed by atoms with E-state index in [4.69, 9.17) is 4.74 Å². The Balaban J connectivity index is 0.894. The Labute approximate surface area is 387 Å². The second kappa shape index (κ2) is 24.8. The van der Waals surface area contributed by atoms with Crippen molar-refractivity contribution in [1.29, 1.82) is 0 Å². The molecular weight excluding hydrogens is 887 g/mol. The number of anilines is 3. The number of likely N-dealkylation sites (tertiary alicyclic amines) is 1. The van der Waals surface area contributed by atoms with Crippen LogP contribution in [0.2, 0.25) is 0 Å². The van der Waals surface area contributed by atoms with Crippen molar-refractivity contribution in [2.24, 2.45) is 5.92 Å². The van der Waals surface area contributed by atoms with Crippen LogP contribution >= 0.6 is 0 Å². The highest BCUT2D eigenvalue weighted by molar-refractivity contribution is 7.93. The van der Waals surface area contributed by atoms with Crippen LogP contribution in [-0.4, -0.2) is 135 Å². The highest BCUT2D eigenvalue weighted by atomic mass is 32.2. The van der Waals surface area contributed by atoms with Crippen molar-refractivity contribution in [3.63, 3.8) is 0 Å². The maximum absolute atomic E-state index is 13.2. The summed E-state index contributed by atoms with van der Waals surface area (Å²) >= 11 is 0. The van der Waals surface area contributed by atoms with E-state index in [9.17, 15) is 30.0 Å². The lowest BCUT2D eigenvalue weighted by Gasteiger charge is -2.31. The summed E-state index contributed by atoms with van der Waals surface area (Å²) in [5.74, 6) is 0.646. The van der Waals surface area contributed by atoms with Crippen molar-refractivity contribution in [3.8, 4) is 5.75 Å². The number of pyridine rings is 1. The minimum Gasteiger partial charge on any atom is -0.492 e. The predicted octanol–water partition coefficient (Wildman–Crippen LogP) is 6.13. The number of nitrogens with zero attached hydrogens (tertiary/aromatic N) is 4. The van der Waals surface area contributed by atoms with Crippen LogP contribution in [0.5, 0.6) is 5.75 Å². The zero-order valence-electron chi connectivity index (χ0n) is 38.2. The summed E-state index contributed by atoms with van der Waals surface area (Å²) in [5, 5.41) is 0. The van der Waals surface area contributed by atoms with Gasteiger partial charge in [-0.3, -0.25) is 23.9 Å². The second-order valence-corrected chi connectivity index (χ2v) is 22.6. The molecule has 0 bridgehead atoms. The number of likely N-dealkylation sites (N-methyl/N-ethyl adjacent to an activating group) is 1. The summed E-state index contributed by atoms with van der Waals surface area (Å²) in [6.07, 6.45) is 6.87.